The van der Waals surface area contributed by atoms with Crippen LogP contribution in [0.3, 0.4) is 0 Å². The molecule has 2 heterocycles. The van der Waals surface area contributed by atoms with E-state index in [-0.39, 0.29) is 6.61 Å². The summed E-state index contributed by atoms with van der Waals surface area (Å²) in [6.07, 6.45) is -1.92. The van der Waals surface area contributed by atoms with Gasteiger partial charge in [0.25, 0.3) is 0 Å². The van der Waals surface area contributed by atoms with Crippen LogP contribution in [0.4, 0.5) is 19.1 Å². The first-order chi connectivity index (χ1) is 15.7. The first-order valence-electron chi connectivity index (χ1n) is 9.97. The summed E-state index contributed by atoms with van der Waals surface area (Å²) in [5, 5.41) is 0. The van der Waals surface area contributed by atoms with Crippen molar-refractivity contribution in [1.29, 1.82) is 0 Å². The fourth-order valence-corrected chi connectivity index (χ4v) is 3.84. The van der Waals surface area contributed by atoms with Gasteiger partial charge in [0.05, 0.1) is 12.7 Å². The third-order valence-corrected chi connectivity index (χ3v) is 5.70. The van der Waals surface area contributed by atoms with Gasteiger partial charge in [0.2, 0.25) is 5.95 Å². The number of alkyl halides is 3. The number of ether oxygens (including phenoxy) is 2. The number of rotatable bonds is 7. The molecule has 172 valence electrons. The van der Waals surface area contributed by atoms with E-state index < -0.39 is 11.7 Å². The van der Waals surface area contributed by atoms with Gasteiger partial charge in [-0.2, -0.15) is 13.2 Å². The minimum absolute atomic E-state index is 0.121. The van der Waals surface area contributed by atoms with Crippen molar-refractivity contribution in [3.63, 3.8) is 0 Å². The number of halogens is 4. The van der Waals surface area contributed by atoms with E-state index in [2.05, 4.69) is 32.6 Å². The van der Waals surface area contributed by atoms with Gasteiger partial charge in [-0.1, -0.05) is 18.2 Å². The highest BCUT2D eigenvalue weighted by Gasteiger charge is 2.29. The van der Waals surface area contributed by atoms with E-state index in [1.54, 1.807) is 12.3 Å². The molecule has 0 radical (unpaired) electrons. The summed E-state index contributed by atoms with van der Waals surface area (Å²) >= 11 is 2.18. The molecule has 4 aromatic rings. The lowest BCUT2D eigenvalue weighted by Crippen LogP contribution is -2.07. The molecule has 10 heteroatoms. The number of nitrogens with two attached hydrogens (primary N) is 1. The molecule has 0 fully saturated rings. The number of fused-ring (bicyclic) bond motifs is 1. The predicted octanol–water partition coefficient (Wildman–Crippen LogP) is 5.47. The van der Waals surface area contributed by atoms with Gasteiger partial charge in [-0.05, 0) is 70.5 Å². The summed E-state index contributed by atoms with van der Waals surface area (Å²) in [6.45, 7) is 0.709. The first kappa shape index (κ1) is 23.1. The highest BCUT2D eigenvalue weighted by molar-refractivity contribution is 14.1. The average Bonchev–Trinajstić information content (AvgIpc) is 3.10. The molecule has 0 aliphatic carbocycles. The zero-order valence-corrected chi connectivity index (χ0v) is 19.7. The quantitative estimate of drug-likeness (QED) is 0.300. The minimum Gasteiger partial charge on any atom is -0.493 e. The number of aryl methyl sites for hydroxylation is 2. The number of pyridine rings is 1. The van der Waals surface area contributed by atoms with E-state index in [0.717, 1.165) is 32.4 Å². The smallest absolute Gasteiger partial charge is 0.416 e. The molecule has 2 N–H and O–H groups in total. The van der Waals surface area contributed by atoms with Crippen molar-refractivity contribution in [2.45, 2.75) is 25.7 Å². The Bertz CT molecular complexity index is 1270. The Morgan fingerprint density at radius 1 is 1.03 bits per heavy atom. The van der Waals surface area contributed by atoms with Crippen LogP contribution in [0.1, 0.15) is 16.7 Å². The van der Waals surface area contributed by atoms with Crippen molar-refractivity contribution >= 4 is 39.7 Å². The van der Waals surface area contributed by atoms with Crippen LogP contribution in [0.25, 0.3) is 11.2 Å². The minimum atomic E-state index is -4.36. The molecule has 0 aliphatic heterocycles. The van der Waals surface area contributed by atoms with E-state index in [0.29, 0.717) is 36.0 Å². The van der Waals surface area contributed by atoms with Gasteiger partial charge < -0.3 is 15.2 Å². The third-order valence-electron chi connectivity index (χ3n) is 5.11. The highest BCUT2D eigenvalue weighted by atomic mass is 127. The van der Waals surface area contributed by atoms with Crippen LogP contribution < -0.4 is 15.2 Å². The molecule has 2 aromatic carbocycles. The van der Waals surface area contributed by atoms with Crippen LogP contribution in [0.5, 0.6) is 11.5 Å². The van der Waals surface area contributed by atoms with Crippen molar-refractivity contribution in [3.05, 3.63) is 75.0 Å². The molecule has 0 spiro atoms. The van der Waals surface area contributed by atoms with E-state index in [9.17, 15) is 13.2 Å². The molecule has 0 saturated carbocycles. The molecule has 33 heavy (non-hydrogen) atoms. The summed E-state index contributed by atoms with van der Waals surface area (Å²) in [6, 6.07) is 12.4. The van der Waals surface area contributed by atoms with Crippen molar-refractivity contribution in [2.24, 2.45) is 0 Å². The molecule has 6 nitrogen and oxygen atoms in total. The Morgan fingerprint density at radius 2 is 1.76 bits per heavy atom. The topological polar surface area (TPSA) is 75.2 Å². The highest BCUT2D eigenvalue weighted by Crippen LogP contribution is 2.31. The van der Waals surface area contributed by atoms with Crippen LogP contribution in [0, 0.1) is 3.57 Å². The standard InChI is InChI=1S/C23H20F3IN4O2/c1-32-20-10-14(8-9-31-21-18(30-22(31)28)11-17(27)12-29-21)4-7-19(20)33-13-15-2-5-16(6-3-15)23(24,25)26/h2-7,10-12H,8-9,13H2,1H3,(H2,28,30). The number of aromatic nitrogens is 3. The van der Waals surface area contributed by atoms with Crippen LogP contribution >= 0.6 is 22.6 Å². The number of nitrogens with zero attached hydrogens (tertiary/aromatic N) is 3. The molecule has 0 bridgehead atoms. The van der Waals surface area contributed by atoms with Crippen molar-refractivity contribution in [1.82, 2.24) is 14.5 Å². The van der Waals surface area contributed by atoms with Gasteiger partial charge in [0.15, 0.2) is 17.1 Å². The second kappa shape index (κ2) is 9.46. The first-order valence-corrected chi connectivity index (χ1v) is 11.1. The van der Waals surface area contributed by atoms with Crippen LogP contribution in [0.15, 0.2) is 54.7 Å². The van der Waals surface area contributed by atoms with E-state index in [4.69, 9.17) is 15.2 Å². The van der Waals surface area contributed by atoms with E-state index >= 15 is 0 Å². The van der Waals surface area contributed by atoms with Gasteiger partial charge >= 0.3 is 6.18 Å². The molecule has 0 amide bonds. The molecule has 0 unspecified atom stereocenters. The molecule has 0 atom stereocenters. The lowest BCUT2D eigenvalue weighted by Gasteiger charge is -2.13. The fourth-order valence-electron chi connectivity index (χ4n) is 3.40. The number of imidazole rings is 1. The lowest BCUT2D eigenvalue weighted by atomic mass is 10.1. The van der Waals surface area contributed by atoms with Gasteiger partial charge in [0, 0.05) is 16.3 Å². The van der Waals surface area contributed by atoms with Crippen molar-refractivity contribution in [3.8, 4) is 11.5 Å². The van der Waals surface area contributed by atoms with E-state index in [1.807, 2.05) is 22.8 Å². The predicted molar refractivity (Wildman–Crippen MR) is 127 cm³/mol. The number of hydrogen-bond donors (Lipinski definition) is 1. The second-order valence-electron chi connectivity index (χ2n) is 7.34. The summed E-state index contributed by atoms with van der Waals surface area (Å²) < 4.78 is 52.2. The zero-order chi connectivity index (χ0) is 23.6. The van der Waals surface area contributed by atoms with Crippen molar-refractivity contribution < 1.29 is 22.6 Å². The molecule has 0 aliphatic rings. The monoisotopic (exact) mass is 568 g/mol. The maximum absolute atomic E-state index is 12.7. The Hall–Kier alpha value is -3.02. The summed E-state index contributed by atoms with van der Waals surface area (Å²) in [7, 11) is 1.54. The molecule has 2 aromatic heterocycles. The molecular weight excluding hydrogens is 548 g/mol. The van der Waals surface area contributed by atoms with E-state index in [1.165, 1.54) is 19.2 Å². The number of nitrogen functional groups attached to an aromatic ring is 1. The van der Waals surface area contributed by atoms with Gasteiger partial charge in [-0.15, -0.1) is 0 Å². The maximum Gasteiger partial charge on any atom is 0.416 e. The number of benzene rings is 2. The zero-order valence-electron chi connectivity index (χ0n) is 17.6. The van der Waals surface area contributed by atoms with Crippen LogP contribution in [-0.2, 0) is 25.7 Å². The van der Waals surface area contributed by atoms with Gasteiger partial charge in [0.1, 0.15) is 12.1 Å². The third kappa shape index (κ3) is 5.32. The molecular formula is C23H20F3IN4O2. The summed E-state index contributed by atoms with van der Waals surface area (Å²) in [4.78, 5) is 8.81. The Kier molecular flexibility index (Phi) is 6.63. The lowest BCUT2D eigenvalue weighted by molar-refractivity contribution is -0.137. The second-order valence-corrected chi connectivity index (χ2v) is 8.58. The maximum atomic E-state index is 12.7. The normalized spacial score (nSPS) is 11.7. The fraction of sp³-hybridized carbons (Fsp3) is 0.217. The van der Waals surface area contributed by atoms with Crippen molar-refractivity contribution in [2.75, 3.05) is 12.8 Å². The number of hydrogen-bond acceptors (Lipinski definition) is 5. The largest absolute Gasteiger partial charge is 0.493 e. The number of methoxy groups -OCH3 is 1. The Labute approximate surface area is 201 Å². The van der Waals surface area contributed by atoms with Crippen LogP contribution in [-0.4, -0.2) is 21.6 Å². The Morgan fingerprint density at radius 3 is 2.45 bits per heavy atom. The number of anilines is 1. The summed E-state index contributed by atoms with van der Waals surface area (Å²) in [5.41, 5.74) is 8.50. The average molecular weight is 568 g/mol. The van der Waals surface area contributed by atoms with Crippen LogP contribution in [0.2, 0.25) is 0 Å². The molecule has 0 saturated heterocycles. The Balaban J connectivity index is 1.43. The van der Waals surface area contributed by atoms with Gasteiger partial charge in [-0.25, -0.2) is 9.97 Å². The SMILES string of the molecule is COc1cc(CCn2c(N)nc3cc(I)cnc32)ccc1OCc1ccc(C(F)(F)F)cc1. The molecule has 4 rings (SSSR count). The van der Waals surface area contributed by atoms with Gasteiger partial charge in [-0.3, -0.25) is 4.57 Å². The summed E-state index contributed by atoms with van der Waals surface area (Å²) in [5.74, 6) is 1.45.